The number of carboxylic acid groups (broad SMARTS) is 10. The number of nitrogens with one attached hydrogen (secondary N) is 5. The van der Waals surface area contributed by atoms with E-state index in [1.165, 1.54) is 10.7 Å². The van der Waals surface area contributed by atoms with E-state index in [9.17, 15) is 156 Å². The van der Waals surface area contributed by atoms with E-state index in [2.05, 4.69) is 31.7 Å². The molecular weight excluding hydrogens is 1730 g/mol. The second-order valence-electron chi connectivity index (χ2n) is 32.6. The van der Waals surface area contributed by atoms with Crippen LogP contribution >= 0.6 is 0 Å². The Balaban J connectivity index is 1.09. The third-order valence-corrected chi connectivity index (χ3v) is 22.0. The first kappa shape index (κ1) is 110. The molecule has 0 aliphatic heterocycles. The number of Topliss-reactive ketones (excluding diaryl/α,β-unsaturated/α-hetero) is 6. The van der Waals surface area contributed by atoms with E-state index < -0.39 is 331 Å². The third-order valence-electron chi connectivity index (χ3n) is 22.0. The van der Waals surface area contributed by atoms with Crippen LogP contribution in [0.25, 0.3) is 22.0 Å². The standard InChI is InChI=1S/C89H116FN9O32/c1-49-15-29-64(90)57(40-49)46-62(104)41-50-16-18-51(19-17-50)63-12-11-13-70-79(63)80(92)98-99(70)77(111)14-9-7-5-3-2-4-6-8-10-39-93-76(110)48-65(91)71(105)47-56(85(122)123)23-37-75(109)97-69(89(130)131)32-27-60(102)44-54(83(118)119)21-35-73(107)95-67(87(126)127)30-25-58(100)42-52(81(114)115)20-34-72(106)94-66(86(124)125)31-26-59(101)43-53(82(116)117)22-36-74(108)96-68(88(128)129)33-28-61(103)45-55(84(120)121)24-38-78(112)113/h11-13,15-19,29,40,52-56,65-69H,2-10,14,20-28,30-39,41-48,91H2,1H3,(H2,92,98)(H,93,110)(H,94,106)(H,95,107)(H,96,108)(H,97,109)(H,112,113)(H,114,115)(H,116,117)(H,118,119)(H,120,121)(H,122,123)(H,124,125)(H,126,127)(H,128,129)(H,130,131)/t52-,53-,54-,55-,56-,65+,66+,67+,68+,69+/m1/s1. The molecule has 0 saturated heterocycles. The molecule has 0 fully saturated rings. The number of hydrogen-bond donors (Lipinski definition) is 17. The lowest BCUT2D eigenvalue weighted by Gasteiger charge is -2.18. The van der Waals surface area contributed by atoms with Gasteiger partial charge >= 0.3 is 59.7 Å². The van der Waals surface area contributed by atoms with Crippen molar-refractivity contribution in [3.05, 3.63) is 83.2 Å². The molecule has 4 rings (SSSR count). The zero-order valence-corrected chi connectivity index (χ0v) is 72.6. The first-order valence-corrected chi connectivity index (χ1v) is 43.1. The number of carbonyl (C=O) groups excluding carboxylic acids is 12. The third kappa shape index (κ3) is 41.7. The second kappa shape index (κ2) is 56.8. The molecule has 0 aliphatic rings. The van der Waals surface area contributed by atoms with E-state index >= 15 is 0 Å². The number of anilines is 1. The van der Waals surface area contributed by atoms with E-state index in [0.717, 1.165) is 67.2 Å². The van der Waals surface area contributed by atoms with Crippen molar-refractivity contribution in [3.63, 3.8) is 0 Å². The van der Waals surface area contributed by atoms with Crippen LogP contribution in [-0.2, 0) is 114 Å². The topological polar surface area (TPSA) is 708 Å². The second-order valence-corrected chi connectivity index (χ2v) is 32.6. The van der Waals surface area contributed by atoms with Crippen LogP contribution in [0.1, 0.15) is 240 Å². The molecule has 0 aliphatic carbocycles. The number of aliphatic carboxylic acids is 10. The summed E-state index contributed by atoms with van der Waals surface area (Å²) in [5, 5.41) is 113. The Morgan fingerprint density at radius 3 is 1.12 bits per heavy atom. The molecule has 42 heteroatoms. The lowest BCUT2D eigenvalue weighted by molar-refractivity contribution is -0.146. The summed E-state index contributed by atoms with van der Waals surface area (Å²) in [4.78, 5) is 273. The fourth-order valence-electron chi connectivity index (χ4n) is 14.4. The van der Waals surface area contributed by atoms with Crippen molar-refractivity contribution in [2.24, 2.45) is 35.3 Å². The summed E-state index contributed by atoms with van der Waals surface area (Å²) in [5.74, 6) is -32.6. The fraction of sp³-hybridized carbons (Fsp3) is 0.539. The van der Waals surface area contributed by atoms with Gasteiger partial charge < -0.3 is 89.1 Å². The number of aryl methyl sites for hydroxylation is 1. The van der Waals surface area contributed by atoms with Crippen LogP contribution in [-0.4, -0.2) is 227 Å². The van der Waals surface area contributed by atoms with Gasteiger partial charge in [0.25, 0.3) is 0 Å². The minimum absolute atomic E-state index is 0.0168. The number of ketones is 6. The fourth-order valence-corrected chi connectivity index (χ4v) is 14.4. The summed E-state index contributed by atoms with van der Waals surface area (Å²) in [5.41, 5.74) is 16.5. The van der Waals surface area contributed by atoms with Crippen LogP contribution in [0.4, 0.5) is 10.2 Å². The molecule has 131 heavy (non-hydrogen) atoms. The number of aromatic nitrogens is 2. The molecule has 41 nitrogen and oxygen atoms in total. The average molecular weight is 1840 g/mol. The Labute approximate surface area is 750 Å². The van der Waals surface area contributed by atoms with Gasteiger partial charge in [-0.15, -0.1) is 5.10 Å². The van der Waals surface area contributed by atoms with Crippen LogP contribution in [0.2, 0.25) is 0 Å². The molecule has 3 aromatic carbocycles. The summed E-state index contributed by atoms with van der Waals surface area (Å²) in [6.45, 7) is 2.12. The highest BCUT2D eigenvalue weighted by Gasteiger charge is 2.34. The van der Waals surface area contributed by atoms with Crippen molar-refractivity contribution in [2.45, 2.75) is 268 Å². The Morgan fingerprint density at radius 2 is 0.748 bits per heavy atom. The zero-order chi connectivity index (χ0) is 97.7. The van der Waals surface area contributed by atoms with Gasteiger partial charge in [0.05, 0.1) is 46.5 Å². The summed E-state index contributed by atoms with van der Waals surface area (Å²) in [6.07, 6.45) is -6.88. The number of nitrogens with two attached hydrogens (primary N) is 2. The van der Waals surface area contributed by atoms with E-state index in [4.69, 9.17) is 16.6 Å². The lowest BCUT2D eigenvalue weighted by Crippen LogP contribution is -2.42. The summed E-state index contributed by atoms with van der Waals surface area (Å²) < 4.78 is 15.6. The van der Waals surface area contributed by atoms with Gasteiger partial charge in [-0.25, -0.2) is 23.6 Å². The molecule has 0 unspecified atom stereocenters. The molecule has 5 amide bonds. The molecule has 4 aromatic rings. The molecule has 19 N–H and O–H groups in total. The number of fused-ring (bicyclic) bond motifs is 1. The van der Waals surface area contributed by atoms with E-state index in [-0.39, 0.29) is 49.7 Å². The van der Waals surface area contributed by atoms with Crippen LogP contribution < -0.4 is 38.1 Å². The van der Waals surface area contributed by atoms with Gasteiger partial charge in [-0.1, -0.05) is 99.0 Å². The normalized spacial score (nSPS) is 13.5. The summed E-state index contributed by atoms with van der Waals surface area (Å²) in [6, 6.07) is 9.13. The predicted octanol–water partition coefficient (Wildman–Crippen LogP) is 6.15. The van der Waals surface area contributed by atoms with Crippen LogP contribution in [0.15, 0.2) is 60.7 Å². The van der Waals surface area contributed by atoms with Crippen LogP contribution in [0.3, 0.4) is 0 Å². The van der Waals surface area contributed by atoms with Crippen molar-refractivity contribution >= 4 is 147 Å². The van der Waals surface area contributed by atoms with Gasteiger partial charge in [0.15, 0.2) is 11.6 Å². The quantitative estimate of drug-likeness (QED) is 0.0220. The number of carbonyl (C=O) groups is 22. The Hall–Kier alpha value is -13.4. The highest BCUT2D eigenvalue weighted by Crippen LogP contribution is 2.34. The van der Waals surface area contributed by atoms with Gasteiger partial charge in [0, 0.05) is 122 Å². The monoisotopic (exact) mass is 1840 g/mol. The minimum Gasteiger partial charge on any atom is -0.481 e. The van der Waals surface area contributed by atoms with Gasteiger partial charge in [0.1, 0.15) is 58.9 Å². The van der Waals surface area contributed by atoms with Gasteiger partial charge in [0.2, 0.25) is 35.4 Å². The first-order valence-electron chi connectivity index (χ1n) is 43.1. The lowest BCUT2D eigenvalue weighted by atomic mass is 9.93. The maximum absolute atomic E-state index is 14.3. The Bertz CT molecular complexity index is 4780. The summed E-state index contributed by atoms with van der Waals surface area (Å²) in [7, 11) is 0. The smallest absolute Gasteiger partial charge is 0.326 e. The molecular formula is C89H116FN9O32. The number of nitrogens with zero attached hydrogens (tertiary/aromatic N) is 2. The average Bonchev–Trinajstić information content (AvgIpc) is 1.62. The largest absolute Gasteiger partial charge is 0.481 e. The van der Waals surface area contributed by atoms with Gasteiger partial charge in [-0.05, 0) is 112 Å². The van der Waals surface area contributed by atoms with Crippen LogP contribution in [0, 0.1) is 42.3 Å². The SMILES string of the molecule is Cc1ccc(F)c(CC(=O)Cc2ccc(-c3cccc4c3c(N)nn4C(=O)CCCCCCCCCCCNC(=O)C[C@H](N)C(=O)C[C@@H](CCC(=O)N[C@@H](CCC(=O)C[C@@H](CCC(=O)N[C@@H](CCC(=O)C[C@@H](CCC(=O)N[C@@H](CCC(=O)C[C@@H](CCC(=O)N[C@@H](CCC(=O)C[C@@H](CCC(=O)O)C(=O)O)C(=O)O)C(=O)O)C(=O)O)C(=O)O)C(=O)O)C(=O)O)C(=O)O)C(=O)O)cc2)c1. The number of halogens is 1. The van der Waals surface area contributed by atoms with Crippen molar-refractivity contribution < 1.29 is 161 Å². The number of carboxylic acids is 10. The highest BCUT2D eigenvalue weighted by molar-refractivity contribution is 6.05. The molecule has 10 atom stereocenters. The first-order chi connectivity index (χ1) is 61.8. The number of nitrogen functional groups attached to an aromatic ring is 1. The van der Waals surface area contributed by atoms with Crippen LogP contribution in [0.5, 0.6) is 0 Å². The van der Waals surface area contributed by atoms with Crippen molar-refractivity contribution in [1.29, 1.82) is 0 Å². The number of amides is 5. The van der Waals surface area contributed by atoms with Gasteiger partial charge in [-0.2, -0.15) is 4.68 Å². The van der Waals surface area contributed by atoms with Crippen molar-refractivity contribution in [2.75, 3.05) is 12.3 Å². The van der Waals surface area contributed by atoms with E-state index in [1.54, 1.807) is 18.2 Å². The number of unbranched alkanes of at least 4 members (excludes halogenated alkanes) is 8. The molecule has 1 aromatic heterocycles. The predicted molar refractivity (Wildman–Crippen MR) is 458 cm³/mol. The molecule has 1 heterocycles. The minimum atomic E-state index is -1.81. The molecule has 0 spiro atoms. The maximum atomic E-state index is 14.3. The number of hydrogen-bond acceptors (Lipinski definition) is 25. The molecule has 0 bridgehead atoms. The van der Waals surface area contributed by atoms with Crippen molar-refractivity contribution in [3.8, 4) is 11.1 Å². The van der Waals surface area contributed by atoms with E-state index in [1.807, 2.05) is 43.3 Å². The molecule has 0 saturated carbocycles. The molecule has 0 radical (unpaired) electrons. The highest BCUT2D eigenvalue weighted by atomic mass is 19.1. The number of benzene rings is 3. The number of rotatable bonds is 70. The van der Waals surface area contributed by atoms with E-state index in [0.29, 0.717) is 29.3 Å². The zero-order valence-electron chi connectivity index (χ0n) is 72.6. The van der Waals surface area contributed by atoms with Crippen molar-refractivity contribution in [1.82, 2.24) is 36.4 Å². The Morgan fingerprint density at radius 1 is 0.382 bits per heavy atom. The Kier molecular flexibility index (Phi) is 47.6. The maximum Gasteiger partial charge on any atom is 0.326 e. The summed E-state index contributed by atoms with van der Waals surface area (Å²) >= 11 is 0. The van der Waals surface area contributed by atoms with Gasteiger partial charge in [-0.3, -0.25) is 86.3 Å². The molecule has 716 valence electrons.